The van der Waals surface area contributed by atoms with Gasteiger partial charge in [0.1, 0.15) is 25.1 Å². The van der Waals surface area contributed by atoms with E-state index in [2.05, 4.69) is 5.32 Å². The van der Waals surface area contributed by atoms with E-state index in [0.717, 1.165) is 0 Å². The molecule has 4 amide bonds. The van der Waals surface area contributed by atoms with E-state index < -0.39 is 54.1 Å². The van der Waals surface area contributed by atoms with Gasteiger partial charge >= 0.3 is 12.1 Å². The number of ether oxygens (including phenoxy) is 1. The van der Waals surface area contributed by atoms with Crippen molar-refractivity contribution in [1.29, 1.82) is 0 Å². The first-order valence-corrected chi connectivity index (χ1v) is 13.1. The van der Waals surface area contributed by atoms with Gasteiger partial charge in [-0.3, -0.25) is 24.7 Å². The molecule has 11 heteroatoms. The number of aryl methyl sites for hydroxylation is 2. The minimum Gasteiger partial charge on any atom is -0.382 e. The lowest BCUT2D eigenvalue weighted by molar-refractivity contribution is -0.105. The minimum absolute atomic E-state index is 0.153. The molecule has 0 bridgehead atoms. The lowest BCUT2D eigenvalue weighted by atomic mass is 9.81. The van der Waals surface area contributed by atoms with E-state index in [4.69, 9.17) is 4.74 Å². The first-order valence-electron chi connectivity index (χ1n) is 11.7. The number of thioether (sulfide) groups is 1. The number of urea groups is 2. The van der Waals surface area contributed by atoms with Crippen LogP contribution in [-0.4, -0.2) is 86.5 Å². The largest absolute Gasteiger partial charge is 0.382 e. The van der Waals surface area contributed by atoms with Crippen LogP contribution < -0.4 is 5.32 Å². The van der Waals surface area contributed by atoms with Gasteiger partial charge in [-0.2, -0.15) is 0 Å². The number of nitrogens with one attached hydrogen (secondary N) is 1. The number of carbonyl (C=O) groups is 4. The van der Waals surface area contributed by atoms with Crippen molar-refractivity contribution in [2.75, 3.05) is 18.8 Å². The molecule has 4 atom stereocenters. The normalized spacial score (nSPS) is 24.7. The first kappa shape index (κ1) is 26.8. The van der Waals surface area contributed by atoms with Crippen LogP contribution in [0.5, 0.6) is 0 Å². The Balaban J connectivity index is 1.71. The molecule has 0 spiro atoms. The average molecular weight is 528 g/mol. The summed E-state index contributed by atoms with van der Waals surface area (Å²) in [5.74, 6) is -1.17. The van der Waals surface area contributed by atoms with Gasteiger partial charge in [-0.05, 0) is 31.2 Å². The maximum Gasteiger partial charge on any atom is 0.328 e. The van der Waals surface area contributed by atoms with Gasteiger partial charge in [-0.1, -0.05) is 48.5 Å². The van der Waals surface area contributed by atoms with Crippen LogP contribution in [0.25, 0.3) is 0 Å². The van der Waals surface area contributed by atoms with Crippen LogP contribution in [0.3, 0.4) is 0 Å². The summed E-state index contributed by atoms with van der Waals surface area (Å²) >= 11 is 1.37. The Bertz CT molecular complexity index is 1240. The molecule has 0 saturated carbocycles. The SMILES string of the molecule is CSCN1CN([C@H]2C[C@@](O)(C(=O)c3ccccc3C)[C@@H](C(O)C(=O)c3ccccc3C)O2)C(=O)NC1=O. The van der Waals surface area contributed by atoms with E-state index in [1.807, 2.05) is 0 Å². The number of amides is 4. The monoisotopic (exact) mass is 527 g/mol. The molecular formula is C26H29N3O7S. The van der Waals surface area contributed by atoms with E-state index in [1.165, 1.54) is 21.6 Å². The zero-order valence-corrected chi connectivity index (χ0v) is 21.5. The van der Waals surface area contributed by atoms with E-state index in [0.29, 0.717) is 11.1 Å². The van der Waals surface area contributed by atoms with Crippen LogP contribution in [0, 0.1) is 13.8 Å². The fourth-order valence-corrected chi connectivity index (χ4v) is 5.20. The van der Waals surface area contributed by atoms with Gasteiger partial charge in [0.25, 0.3) is 0 Å². The van der Waals surface area contributed by atoms with E-state index in [9.17, 15) is 29.4 Å². The molecule has 2 heterocycles. The van der Waals surface area contributed by atoms with Crippen LogP contribution in [0.4, 0.5) is 9.59 Å². The molecule has 2 aliphatic heterocycles. The molecule has 3 N–H and O–H groups in total. The molecule has 2 aromatic rings. The van der Waals surface area contributed by atoms with Gasteiger partial charge in [-0.25, -0.2) is 9.59 Å². The standard InChI is InChI=1S/C26H29N3O7S/c1-15-8-4-6-10-17(15)20(30)21(31)23-26(35,22(32)18-11-7-5-9-16(18)2)12-19(36-23)29-13-28(14-37-3)24(33)27-25(29)34/h4-11,19,21,23,31,35H,12-14H2,1-3H3,(H,27,33,34)/t19-,21?,23-,26-/m1/s1. The molecule has 37 heavy (non-hydrogen) atoms. The number of ketones is 2. The summed E-state index contributed by atoms with van der Waals surface area (Å²) in [6, 6.07) is 11.9. The summed E-state index contributed by atoms with van der Waals surface area (Å²) in [6.07, 6.45) is -3.38. The van der Waals surface area contributed by atoms with Crippen molar-refractivity contribution in [1.82, 2.24) is 15.1 Å². The Labute approximate surface area is 218 Å². The lowest BCUT2D eigenvalue weighted by Crippen LogP contribution is -2.61. The van der Waals surface area contributed by atoms with Crippen LogP contribution in [0.15, 0.2) is 48.5 Å². The molecule has 0 aromatic heterocycles. The molecular weight excluding hydrogens is 498 g/mol. The topological polar surface area (TPSA) is 136 Å². The number of hydrogen-bond acceptors (Lipinski definition) is 8. The first-order chi connectivity index (χ1) is 17.6. The van der Waals surface area contributed by atoms with Gasteiger partial charge < -0.3 is 14.9 Å². The number of Topliss-reactive ketones (excluding diaryl/α,β-unsaturated/α-hetero) is 2. The van der Waals surface area contributed by atoms with Crippen molar-refractivity contribution < 1.29 is 34.1 Å². The van der Waals surface area contributed by atoms with E-state index in [-0.39, 0.29) is 23.7 Å². The smallest absolute Gasteiger partial charge is 0.328 e. The Morgan fingerprint density at radius 1 is 1.08 bits per heavy atom. The highest BCUT2D eigenvalue weighted by molar-refractivity contribution is 7.98. The maximum atomic E-state index is 13.7. The highest BCUT2D eigenvalue weighted by atomic mass is 32.2. The predicted molar refractivity (Wildman–Crippen MR) is 136 cm³/mol. The molecule has 0 aliphatic carbocycles. The second kappa shape index (κ2) is 10.6. The van der Waals surface area contributed by atoms with Crippen molar-refractivity contribution in [2.45, 2.75) is 44.3 Å². The fourth-order valence-electron chi connectivity index (χ4n) is 4.69. The number of hydrogen-bond donors (Lipinski definition) is 3. The summed E-state index contributed by atoms with van der Waals surface area (Å²) in [7, 11) is 0. The number of nitrogens with zero attached hydrogens (tertiary/aromatic N) is 2. The molecule has 0 radical (unpaired) electrons. The summed E-state index contributed by atoms with van der Waals surface area (Å²) in [5, 5.41) is 25.2. The molecule has 2 fully saturated rings. The summed E-state index contributed by atoms with van der Waals surface area (Å²) in [5.41, 5.74) is -0.704. The molecule has 10 nitrogen and oxygen atoms in total. The highest BCUT2D eigenvalue weighted by Gasteiger charge is 2.59. The number of rotatable bonds is 8. The van der Waals surface area contributed by atoms with Crippen LogP contribution in [0.2, 0.25) is 0 Å². The summed E-state index contributed by atoms with van der Waals surface area (Å²) < 4.78 is 5.95. The van der Waals surface area contributed by atoms with E-state index >= 15 is 0 Å². The number of carbonyl (C=O) groups excluding carboxylic acids is 4. The fraction of sp³-hybridized carbons (Fsp3) is 0.385. The minimum atomic E-state index is -2.33. The highest BCUT2D eigenvalue weighted by Crippen LogP contribution is 2.39. The number of aliphatic hydroxyl groups excluding tert-OH is 1. The van der Waals surface area contributed by atoms with Crippen molar-refractivity contribution in [3.8, 4) is 0 Å². The second-order valence-electron chi connectivity index (χ2n) is 9.21. The van der Waals surface area contributed by atoms with Gasteiger partial charge in [0.05, 0.1) is 5.88 Å². The summed E-state index contributed by atoms with van der Waals surface area (Å²) in [4.78, 5) is 54.4. The summed E-state index contributed by atoms with van der Waals surface area (Å²) in [6.45, 7) is 3.26. The third-order valence-corrected chi connectivity index (χ3v) is 7.30. The zero-order chi connectivity index (χ0) is 26.9. The predicted octanol–water partition coefficient (Wildman–Crippen LogP) is 2.30. The Kier molecular flexibility index (Phi) is 7.69. The van der Waals surface area contributed by atoms with Crippen molar-refractivity contribution in [2.24, 2.45) is 0 Å². The Hall–Kier alpha value is -3.25. The Morgan fingerprint density at radius 2 is 1.68 bits per heavy atom. The molecule has 1 unspecified atom stereocenters. The van der Waals surface area contributed by atoms with Gasteiger partial charge in [0, 0.05) is 17.5 Å². The molecule has 2 saturated heterocycles. The maximum absolute atomic E-state index is 13.7. The van der Waals surface area contributed by atoms with Crippen LogP contribution >= 0.6 is 11.8 Å². The number of benzene rings is 2. The third-order valence-electron chi connectivity index (χ3n) is 6.73. The Morgan fingerprint density at radius 3 is 2.27 bits per heavy atom. The van der Waals surface area contributed by atoms with Crippen molar-refractivity contribution >= 4 is 35.4 Å². The van der Waals surface area contributed by atoms with Gasteiger partial charge in [0.2, 0.25) is 0 Å². The molecule has 196 valence electrons. The second-order valence-corrected chi connectivity index (χ2v) is 10.0. The quantitative estimate of drug-likeness (QED) is 0.445. The van der Waals surface area contributed by atoms with Crippen LogP contribution in [-0.2, 0) is 4.74 Å². The lowest BCUT2D eigenvalue weighted by Gasteiger charge is -2.37. The zero-order valence-electron chi connectivity index (χ0n) is 20.7. The number of aliphatic hydroxyl groups is 2. The van der Waals surface area contributed by atoms with Crippen LogP contribution in [0.1, 0.15) is 38.3 Å². The van der Waals surface area contributed by atoms with Crippen molar-refractivity contribution in [3.05, 3.63) is 70.8 Å². The van der Waals surface area contributed by atoms with Crippen molar-refractivity contribution in [3.63, 3.8) is 0 Å². The number of imide groups is 1. The molecule has 2 aliphatic rings. The van der Waals surface area contributed by atoms with E-state index in [1.54, 1.807) is 68.6 Å². The average Bonchev–Trinajstić information content (AvgIpc) is 3.23. The molecule has 4 rings (SSSR count). The van der Waals surface area contributed by atoms with Gasteiger partial charge in [0.15, 0.2) is 17.2 Å². The molecule has 2 aromatic carbocycles. The van der Waals surface area contributed by atoms with Gasteiger partial charge in [-0.15, -0.1) is 11.8 Å². The third kappa shape index (κ3) is 4.99.